The van der Waals surface area contributed by atoms with Crippen molar-refractivity contribution in [2.75, 3.05) is 17.2 Å². The van der Waals surface area contributed by atoms with E-state index in [-0.39, 0.29) is 10.3 Å². The quantitative estimate of drug-likeness (QED) is 0.600. The van der Waals surface area contributed by atoms with Crippen LogP contribution in [0.5, 0.6) is 11.5 Å². The van der Waals surface area contributed by atoms with Crippen molar-refractivity contribution in [3.05, 3.63) is 78.6 Å². The van der Waals surface area contributed by atoms with Gasteiger partial charge < -0.3 is 4.74 Å². The molecular formula is C22H26N3O3S+. The summed E-state index contributed by atoms with van der Waals surface area (Å²) in [7, 11) is -1.84. The van der Waals surface area contributed by atoms with Gasteiger partial charge in [-0.1, -0.05) is 37.6 Å². The van der Waals surface area contributed by atoms with E-state index in [2.05, 4.69) is 30.9 Å². The van der Waals surface area contributed by atoms with E-state index in [4.69, 9.17) is 4.74 Å². The molecule has 29 heavy (non-hydrogen) atoms. The second-order valence-electron chi connectivity index (χ2n) is 7.67. The smallest absolute Gasteiger partial charge is 0.261 e. The van der Waals surface area contributed by atoms with Gasteiger partial charge in [0, 0.05) is 17.8 Å². The number of nitrogens with one attached hydrogen (secondary N) is 2. The van der Waals surface area contributed by atoms with E-state index in [1.807, 2.05) is 43.7 Å². The molecule has 0 aliphatic rings. The van der Waals surface area contributed by atoms with E-state index >= 15 is 0 Å². The number of aromatic nitrogens is 1. The highest BCUT2D eigenvalue weighted by molar-refractivity contribution is 7.92. The molecule has 0 unspecified atom stereocenters. The summed E-state index contributed by atoms with van der Waals surface area (Å²) in [5, 5.41) is 0. The van der Waals surface area contributed by atoms with Crippen molar-refractivity contribution in [1.82, 2.24) is 0 Å². The molecule has 0 fully saturated rings. The van der Waals surface area contributed by atoms with Crippen LogP contribution in [0.15, 0.2) is 78.0 Å². The van der Waals surface area contributed by atoms with Gasteiger partial charge in [0.05, 0.1) is 11.9 Å². The van der Waals surface area contributed by atoms with E-state index in [1.165, 1.54) is 0 Å². The largest absolute Gasteiger partial charge is 0.457 e. The third-order valence-corrected chi connectivity index (χ3v) is 5.83. The first kappa shape index (κ1) is 20.7. The number of hydrogen-bond donors (Lipinski definition) is 2. The third-order valence-electron chi connectivity index (χ3n) is 4.43. The highest BCUT2D eigenvalue weighted by atomic mass is 32.2. The van der Waals surface area contributed by atoms with Crippen molar-refractivity contribution in [2.45, 2.75) is 31.1 Å². The summed E-state index contributed by atoms with van der Waals surface area (Å²) in [6.07, 6.45) is 3.67. The average Bonchev–Trinajstić information content (AvgIpc) is 2.69. The van der Waals surface area contributed by atoms with Crippen LogP contribution in [0.25, 0.3) is 0 Å². The number of anilines is 1. The molecule has 0 radical (unpaired) electrons. The second kappa shape index (κ2) is 8.13. The van der Waals surface area contributed by atoms with Crippen molar-refractivity contribution in [3.8, 4) is 11.5 Å². The highest BCUT2D eigenvalue weighted by Crippen LogP contribution is 2.26. The summed E-state index contributed by atoms with van der Waals surface area (Å²) in [5.74, 6) is 1.30. The maximum absolute atomic E-state index is 12.6. The van der Waals surface area contributed by atoms with Gasteiger partial charge >= 0.3 is 0 Å². The topological polar surface area (TPSA) is 71.3 Å². The zero-order chi connectivity index (χ0) is 21.1. The molecule has 0 amide bonds. The Bertz CT molecular complexity index is 1050. The minimum absolute atomic E-state index is 0.0301. The molecule has 3 aromatic rings. The standard InChI is InChI=1S/C22H26N3O3S/c1-22(2,3)17-5-11-21(12-6-17)29(26,27)24-18-7-9-19(10-8-18)28-20-13-15-25(23-4)16-14-20/h5-16,23-24H,1-4H3/q+1. The summed E-state index contributed by atoms with van der Waals surface area (Å²) in [5.41, 5.74) is 4.49. The number of nitrogens with zero attached hydrogens (tertiary/aromatic N) is 1. The average molecular weight is 413 g/mol. The summed E-state index contributed by atoms with van der Waals surface area (Å²) in [6.45, 7) is 6.27. The fraction of sp³-hybridized carbons (Fsp3) is 0.227. The predicted octanol–water partition coefficient (Wildman–Crippen LogP) is 4.04. The fourth-order valence-electron chi connectivity index (χ4n) is 2.71. The van der Waals surface area contributed by atoms with Crippen LogP contribution in [0.2, 0.25) is 0 Å². The van der Waals surface area contributed by atoms with Crippen LogP contribution in [0.1, 0.15) is 26.3 Å². The van der Waals surface area contributed by atoms with E-state index in [1.54, 1.807) is 41.1 Å². The molecule has 3 rings (SSSR count). The van der Waals surface area contributed by atoms with Crippen molar-refractivity contribution in [3.63, 3.8) is 0 Å². The molecule has 0 aliphatic heterocycles. The lowest BCUT2D eigenvalue weighted by Gasteiger charge is -2.19. The molecule has 2 N–H and O–H groups in total. The number of benzene rings is 2. The molecule has 1 aromatic heterocycles. The van der Waals surface area contributed by atoms with Crippen LogP contribution in [0, 0.1) is 0 Å². The normalized spacial score (nSPS) is 11.7. The summed E-state index contributed by atoms with van der Waals surface area (Å²) < 4.78 is 35.5. The Kier molecular flexibility index (Phi) is 5.79. The second-order valence-corrected chi connectivity index (χ2v) is 9.35. The monoisotopic (exact) mass is 412 g/mol. The summed E-state index contributed by atoms with van der Waals surface area (Å²) in [6, 6.07) is 17.4. The van der Waals surface area contributed by atoms with Crippen molar-refractivity contribution in [2.24, 2.45) is 0 Å². The first-order valence-corrected chi connectivity index (χ1v) is 10.8. The SMILES string of the molecule is CN[n+]1ccc(Oc2ccc(NS(=O)(=O)c3ccc(C(C)(C)C)cc3)cc2)cc1. The lowest BCUT2D eigenvalue weighted by atomic mass is 9.87. The molecule has 0 spiro atoms. The molecule has 7 heteroatoms. The number of hydrogen-bond acceptors (Lipinski definition) is 4. The van der Waals surface area contributed by atoms with Crippen LogP contribution < -0.4 is 19.6 Å². The van der Waals surface area contributed by atoms with Gasteiger partial charge in [-0.15, -0.1) is 0 Å². The Morgan fingerprint density at radius 2 is 1.38 bits per heavy atom. The molecule has 0 bridgehead atoms. The number of ether oxygens (including phenoxy) is 1. The van der Waals surface area contributed by atoms with E-state index < -0.39 is 10.0 Å². The predicted molar refractivity (Wildman–Crippen MR) is 114 cm³/mol. The third kappa shape index (κ3) is 5.26. The van der Waals surface area contributed by atoms with Gasteiger partial charge in [-0.05, 0) is 47.4 Å². The molecule has 0 saturated heterocycles. The number of pyridine rings is 1. The van der Waals surface area contributed by atoms with E-state index in [9.17, 15) is 8.42 Å². The molecular weight excluding hydrogens is 386 g/mol. The number of sulfonamides is 1. The maximum Gasteiger partial charge on any atom is 0.261 e. The Morgan fingerprint density at radius 3 is 1.90 bits per heavy atom. The van der Waals surface area contributed by atoms with Crippen molar-refractivity contribution >= 4 is 15.7 Å². The molecule has 6 nitrogen and oxygen atoms in total. The van der Waals surface area contributed by atoms with Gasteiger partial charge in [-0.25, -0.2) is 8.42 Å². The summed E-state index contributed by atoms with van der Waals surface area (Å²) in [4.78, 5) is 0.230. The van der Waals surface area contributed by atoms with Gasteiger partial charge in [0.25, 0.3) is 10.0 Å². The van der Waals surface area contributed by atoms with Gasteiger partial charge in [0.2, 0.25) is 12.4 Å². The van der Waals surface area contributed by atoms with E-state index in [0.717, 1.165) is 5.56 Å². The lowest BCUT2D eigenvalue weighted by Crippen LogP contribution is -2.41. The van der Waals surface area contributed by atoms with Crippen LogP contribution in [-0.2, 0) is 15.4 Å². The number of rotatable bonds is 6. The van der Waals surface area contributed by atoms with Crippen LogP contribution >= 0.6 is 0 Å². The molecule has 0 saturated carbocycles. The van der Waals surface area contributed by atoms with E-state index in [0.29, 0.717) is 17.2 Å². The Hall–Kier alpha value is -3.06. The van der Waals surface area contributed by atoms with Crippen LogP contribution in [0.4, 0.5) is 5.69 Å². The van der Waals surface area contributed by atoms with Gasteiger partial charge in [-0.3, -0.25) is 4.72 Å². The maximum atomic E-state index is 12.6. The van der Waals surface area contributed by atoms with Crippen LogP contribution in [0.3, 0.4) is 0 Å². The zero-order valence-corrected chi connectivity index (χ0v) is 17.8. The summed E-state index contributed by atoms with van der Waals surface area (Å²) >= 11 is 0. The first-order valence-electron chi connectivity index (χ1n) is 9.28. The molecule has 0 aliphatic carbocycles. The minimum Gasteiger partial charge on any atom is -0.457 e. The van der Waals surface area contributed by atoms with Crippen molar-refractivity contribution < 1.29 is 17.8 Å². The fourth-order valence-corrected chi connectivity index (χ4v) is 3.76. The molecule has 1 heterocycles. The van der Waals surface area contributed by atoms with Gasteiger partial charge in [0.1, 0.15) is 11.5 Å². The molecule has 0 atom stereocenters. The van der Waals surface area contributed by atoms with Crippen LogP contribution in [-0.4, -0.2) is 15.5 Å². The minimum atomic E-state index is -3.66. The Morgan fingerprint density at radius 1 is 0.828 bits per heavy atom. The van der Waals surface area contributed by atoms with Gasteiger partial charge in [0.15, 0.2) is 0 Å². The van der Waals surface area contributed by atoms with Crippen molar-refractivity contribution in [1.29, 1.82) is 0 Å². The van der Waals surface area contributed by atoms with Gasteiger partial charge in [-0.2, -0.15) is 5.43 Å². The Labute approximate surface area is 172 Å². The zero-order valence-electron chi connectivity index (χ0n) is 17.0. The Balaban J connectivity index is 1.69. The first-order chi connectivity index (χ1) is 13.7. The molecule has 152 valence electrons. The highest BCUT2D eigenvalue weighted by Gasteiger charge is 2.17. The molecule has 2 aromatic carbocycles. The lowest BCUT2D eigenvalue weighted by molar-refractivity contribution is -0.647.